The Morgan fingerprint density at radius 3 is 2.88 bits per heavy atom. The predicted octanol–water partition coefficient (Wildman–Crippen LogP) is 4.28. The van der Waals surface area contributed by atoms with Gasteiger partial charge in [0.15, 0.2) is 11.0 Å². The molecule has 0 N–H and O–H groups in total. The number of halogens is 1. The summed E-state index contributed by atoms with van der Waals surface area (Å²) in [6, 6.07) is 6.39. The second kappa shape index (κ2) is 7.13. The first-order valence-electron chi connectivity index (χ1n) is 9.12. The van der Waals surface area contributed by atoms with Crippen molar-refractivity contribution in [2.24, 2.45) is 0 Å². The van der Waals surface area contributed by atoms with Gasteiger partial charge in [0, 0.05) is 47.4 Å². The van der Waals surface area contributed by atoms with Crippen LogP contribution in [0.15, 0.2) is 33.8 Å². The van der Waals surface area contributed by atoms with Gasteiger partial charge in [-0.1, -0.05) is 0 Å². The largest absolute Gasteiger partial charge is 0.366 e. The van der Waals surface area contributed by atoms with Crippen LogP contribution in [0.5, 0.6) is 0 Å². The minimum atomic E-state index is 0.696. The van der Waals surface area contributed by atoms with Gasteiger partial charge in [-0.05, 0) is 41.9 Å². The van der Waals surface area contributed by atoms with Crippen LogP contribution < -0.4 is 4.57 Å². The molecule has 0 radical (unpaired) electrons. The molecule has 26 heavy (non-hydrogen) atoms. The van der Waals surface area contributed by atoms with Gasteiger partial charge in [0.25, 0.3) is 5.82 Å². The van der Waals surface area contributed by atoms with Crippen LogP contribution in [0, 0.1) is 11.3 Å². The normalized spacial score (nSPS) is 19.7. The number of benzene rings is 1. The quantitative estimate of drug-likeness (QED) is 0.682. The summed E-state index contributed by atoms with van der Waals surface area (Å²) in [4.78, 5) is 2.44. The van der Waals surface area contributed by atoms with E-state index in [9.17, 15) is 5.26 Å². The first kappa shape index (κ1) is 17.7. The molecule has 2 aromatic rings. The average Bonchev–Trinajstić information content (AvgIpc) is 3.33. The van der Waals surface area contributed by atoms with E-state index in [1.165, 1.54) is 27.7 Å². The summed E-state index contributed by atoms with van der Waals surface area (Å²) < 4.78 is 5.61. The fraction of sp³-hybridized carbons (Fsp3) is 0.400. The van der Waals surface area contributed by atoms with E-state index in [1.54, 1.807) is 0 Å². The van der Waals surface area contributed by atoms with Crippen LogP contribution in [0.1, 0.15) is 31.7 Å². The summed E-state index contributed by atoms with van der Waals surface area (Å²) >= 11 is 5.49. The molecule has 1 saturated heterocycles. The number of nitriles is 1. The third-order valence-electron chi connectivity index (χ3n) is 5.22. The molecule has 6 heteroatoms. The maximum atomic E-state index is 9.37. The van der Waals surface area contributed by atoms with Crippen LogP contribution in [0.4, 0.5) is 0 Å². The van der Waals surface area contributed by atoms with Crippen molar-refractivity contribution in [2.45, 2.75) is 33.4 Å². The van der Waals surface area contributed by atoms with Crippen LogP contribution in [0.3, 0.4) is 0 Å². The van der Waals surface area contributed by atoms with Crippen molar-refractivity contribution in [1.82, 2.24) is 9.47 Å². The van der Waals surface area contributed by atoms with E-state index in [0.717, 1.165) is 42.6 Å². The van der Waals surface area contributed by atoms with Gasteiger partial charge in [0.1, 0.15) is 6.07 Å². The Morgan fingerprint density at radius 2 is 2.15 bits per heavy atom. The van der Waals surface area contributed by atoms with Gasteiger partial charge in [-0.3, -0.25) is 0 Å². The van der Waals surface area contributed by atoms with E-state index in [-0.39, 0.29) is 0 Å². The molecule has 0 aliphatic carbocycles. The molecular weight excluding hydrogens is 408 g/mol. The molecule has 0 atom stereocenters. The molecule has 1 fully saturated rings. The van der Waals surface area contributed by atoms with Crippen LogP contribution in [0.25, 0.3) is 16.6 Å². The summed E-state index contributed by atoms with van der Waals surface area (Å²) in [6.07, 6.45) is 5.64. The van der Waals surface area contributed by atoms with Crippen LogP contribution in [-0.2, 0) is 13.1 Å². The molecule has 0 bridgehead atoms. The van der Waals surface area contributed by atoms with E-state index >= 15 is 0 Å². The Morgan fingerprint density at radius 1 is 1.31 bits per heavy atom. The molecule has 134 valence electrons. The molecule has 1 aromatic carbocycles. The van der Waals surface area contributed by atoms with Crippen molar-refractivity contribution in [2.75, 3.05) is 18.8 Å². The van der Waals surface area contributed by atoms with Gasteiger partial charge in [0.05, 0.1) is 23.7 Å². The number of hydrogen-bond acceptors (Lipinski definition) is 3. The monoisotopic (exact) mass is 429 g/mol. The van der Waals surface area contributed by atoms with Gasteiger partial charge in [-0.15, -0.1) is 11.8 Å². The number of aryl methyl sites for hydroxylation is 2. The number of nitrogens with zero attached hydrogens (tertiary/aromatic N) is 4. The van der Waals surface area contributed by atoms with Gasteiger partial charge >= 0.3 is 0 Å². The van der Waals surface area contributed by atoms with Gasteiger partial charge in [0.2, 0.25) is 0 Å². The van der Waals surface area contributed by atoms with Crippen molar-refractivity contribution < 1.29 is 4.57 Å². The smallest absolute Gasteiger partial charge is 0.285 e. The van der Waals surface area contributed by atoms with Crippen molar-refractivity contribution in [3.8, 4) is 6.07 Å². The van der Waals surface area contributed by atoms with Gasteiger partial charge in [-0.25, -0.2) is 9.13 Å². The Labute approximate surface area is 166 Å². The lowest BCUT2D eigenvalue weighted by Gasteiger charge is -2.15. The third kappa shape index (κ3) is 2.78. The number of thioether (sulfide) groups is 1. The number of fused-ring (bicyclic) bond motifs is 3. The summed E-state index contributed by atoms with van der Waals surface area (Å²) in [5.41, 5.74) is 4.43. The minimum absolute atomic E-state index is 0.696. The topological polar surface area (TPSA) is 35.8 Å². The molecule has 4 nitrogen and oxygen atoms in total. The maximum Gasteiger partial charge on any atom is 0.285 e. The van der Waals surface area contributed by atoms with E-state index in [0.29, 0.717) is 5.56 Å². The lowest BCUT2D eigenvalue weighted by atomic mass is 10.2. The summed E-state index contributed by atoms with van der Waals surface area (Å²) in [5.74, 6) is 2.47. The molecule has 0 spiro atoms. The molecule has 4 rings (SSSR count). The number of imidazole rings is 1. The lowest BCUT2D eigenvalue weighted by Crippen LogP contribution is -2.31. The van der Waals surface area contributed by atoms with E-state index in [2.05, 4.69) is 68.1 Å². The molecule has 2 aliphatic heterocycles. The molecule has 0 saturated carbocycles. The lowest BCUT2D eigenvalue weighted by molar-refractivity contribution is -0.664. The second-order valence-electron chi connectivity index (χ2n) is 6.53. The highest BCUT2D eigenvalue weighted by Crippen LogP contribution is 2.32. The van der Waals surface area contributed by atoms with Crippen LogP contribution in [0.2, 0.25) is 0 Å². The fourth-order valence-corrected chi connectivity index (χ4v) is 5.45. The fourth-order valence-electron chi connectivity index (χ4n) is 3.94. The first-order valence-corrected chi connectivity index (χ1v) is 10.9. The van der Waals surface area contributed by atoms with Crippen molar-refractivity contribution in [3.05, 3.63) is 45.2 Å². The summed E-state index contributed by atoms with van der Waals surface area (Å²) in [6.45, 7) is 8.52. The highest BCUT2D eigenvalue weighted by atomic mass is 79.9. The number of aromatic nitrogens is 2. The zero-order valence-corrected chi connectivity index (χ0v) is 17.5. The highest BCUT2D eigenvalue weighted by Gasteiger charge is 2.33. The average molecular weight is 430 g/mol. The Kier molecular flexibility index (Phi) is 4.85. The molecule has 0 unspecified atom stereocenters. The van der Waals surface area contributed by atoms with Gasteiger partial charge in [-0.2, -0.15) is 5.26 Å². The molecule has 3 heterocycles. The van der Waals surface area contributed by atoms with Crippen molar-refractivity contribution >= 4 is 44.3 Å². The van der Waals surface area contributed by atoms with E-state index in [4.69, 9.17) is 0 Å². The van der Waals surface area contributed by atoms with E-state index in [1.807, 2.05) is 17.8 Å². The third-order valence-corrected chi connectivity index (χ3v) is 6.95. The predicted molar refractivity (Wildman–Crippen MR) is 111 cm³/mol. The second-order valence-corrected chi connectivity index (χ2v) is 8.50. The summed E-state index contributed by atoms with van der Waals surface area (Å²) in [7, 11) is 0. The molecule has 0 amide bonds. The Hall–Kier alpha value is -1.71. The highest BCUT2D eigenvalue weighted by molar-refractivity contribution is 9.10. The number of allylic oxidation sites excluding steroid dienone is 3. The van der Waals surface area contributed by atoms with Crippen molar-refractivity contribution in [1.29, 1.82) is 5.26 Å². The van der Waals surface area contributed by atoms with Crippen LogP contribution >= 0.6 is 27.7 Å². The Bertz CT molecular complexity index is 980. The summed E-state index contributed by atoms with van der Waals surface area (Å²) in [5, 5.41) is 10.8. The zero-order valence-electron chi connectivity index (χ0n) is 15.1. The van der Waals surface area contributed by atoms with Crippen molar-refractivity contribution in [3.63, 3.8) is 0 Å². The minimum Gasteiger partial charge on any atom is -0.366 e. The standard InChI is InChI=1S/C20H22BrN4S/c1-3-23-9-10-26-19(23)6-5-14-7-8-25-17-11-15(13-22)16(21)12-18(17)24(4-2)20(14)25/h5-6,11-12H,3-4,7-10H2,1-2H3/q+1. The Balaban J connectivity index is 1.83. The number of hydrogen-bond donors (Lipinski definition) is 0. The maximum absolute atomic E-state index is 9.37. The SMILES string of the molecule is CCN1CCSC1=CC=C1CC[n+]2c1n(CC)c1cc(Br)c(C#N)cc12. The molecule has 1 aromatic heterocycles. The van der Waals surface area contributed by atoms with Crippen LogP contribution in [-0.4, -0.2) is 28.3 Å². The van der Waals surface area contributed by atoms with E-state index < -0.39 is 0 Å². The zero-order chi connectivity index (χ0) is 18.3. The number of rotatable bonds is 3. The molecular formula is C20H22BrN4S+. The molecule has 2 aliphatic rings. The first-order chi connectivity index (χ1) is 12.7. The van der Waals surface area contributed by atoms with Gasteiger partial charge < -0.3 is 4.90 Å².